The van der Waals surface area contributed by atoms with Crippen molar-refractivity contribution in [1.29, 1.82) is 0 Å². The molecule has 1 aromatic carbocycles. The molecule has 1 saturated heterocycles. The van der Waals surface area contributed by atoms with Gasteiger partial charge < -0.3 is 9.84 Å². The first-order chi connectivity index (χ1) is 11.7. The Labute approximate surface area is 142 Å². The van der Waals surface area contributed by atoms with Gasteiger partial charge in [0.1, 0.15) is 0 Å². The number of amides is 1. The number of carbonyl (C=O) groups excluding carboxylic acids is 1. The van der Waals surface area contributed by atoms with Crippen molar-refractivity contribution in [2.45, 2.75) is 38.6 Å². The number of carbonyl (C=O) groups is 1. The third-order valence-corrected chi connectivity index (χ3v) is 4.39. The molecule has 0 bridgehead atoms. The number of rotatable bonds is 7. The minimum atomic E-state index is -0.0620. The molecule has 1 unspecified atom stereocenters. The number of hydrogen-bond acceptors (Lipinski definition) is 5. The maximum Gasteiger partial charge on any atom is 0.227 e. The van der Waals surface area contributed by atoms with E-state index in [1.165, 1.54) is 18.4 Å². The van der Waals surface area contributed by atoms with Gasteiger partial charge in [-0.3, -0.25) is 9.69 Å². The van der Waals surface area contributed by atoms with Crippen LogP contribution in [0.15, 0.2) is 34.9 Å². The van der Waals surface area contributed by atoms with Crippen molar-refractivity contribution in [3.05, 3.63) is 47.6 Å². The second kappa shape index (κ2) is 8.06. The zero-order chi connectivity index (χ0) is 16.8. The maximum absolute atomic E-state index is 12.1. The monoisotopic (exact) mass is 328 g/mol. The molecule has 1 aromatic heterocycles. The lowest BCUT2D eigenvalue weighted by molar-refractivity contribution is -0.120. The third kappa shape index (κ3) is 4.64. The summed E-state index contributed by atoms with van der Waals surface area (Å²) in [5, 5.41) is 6.81. The number of aryl methyl sites for hydroxylation is 1. The van der Waals surface area contributed by atoms with Crippen molar-refractivity contribution < 1.29 is 9.32 Å². The molecule has 24 heavy (non-hydrogen) atoms. The summed E-state index contributed by atoms with van der Waals surface area (Å²) in [6, 6.07) is 10.8. The van der Waals surface area contributed by atoms with E-state index >= 15 is 0 Å². The first kappa shape index (κ1) is 16.6. The summed E-state index contributed by atoms with van der Waals surface area (Å²) < 4.78 is 4.90. The quantitative estimate of drug-likeness (QED) is 0.838. The highest BCUT2D eigenvalue weighted by molar-refractivity contribution is 5.77. The van der Waals surface area contributed by atoms with E-state index in [2.05, 4.69) is 44.6 Å². The van der Waals surface area contributed by atoms with Gasteiger partial charge in [0, 0.05) is 19.5 Å². The molecule has 1 aliphatic rings. The number of nitrogens with zero attached hydrogens (tertiary/aromatic N) is 3. The molecule has 1 amide bonds. The Morgan fingerprint density at radius 3 is 2.71 bits per heavy atom. The van der Waals surface area contributed by atoms with E-state index in [0.29, 0.717) is 24.3 Å². The van der Waals surface area contributed by atoms with Gasteiger partial charge in [-0.25, -0.2) is 0 Å². The van der Waals surface area contributed by atoms with E-state index in [1.54, 1.807) is 6.92 Å². The van der Waals surface area contributed by atoms with Crippen LogP contribution >= 0.6 is 0 Å². The Hall–Kier alpha value is -2.21. The van der Waals surface area contributed by atoms with Gasteiger partial charge in [0.15, 0.2) is 5.82 Å². The Kier molecular flexibility index (Phi) is 5.59. The van der Waals surface area contributed by atoms with Crippen LogP contribution in [0.3, 0.4) is 0 Å². The van der Waals surface area contributed by atoms with Gasteiger partial charge >= 0.3 is 0 Å². The number of hydrogen-bond donors (Lipinski definition) is 1. The van der Waals surface area contributed by atoms with Crippen molar-refractivity contribution in [2.75, 3.05) is 19.6 Å². The van der Waals surface area contributed by atoms with Crippen LogP contribution in [-0.4, -0.2) is 46.6 Å². The number of aromatic nitrogens is 2. The molecule has 1 atom stereocenters. The second-order valence-corrected chi connectivity index (χ2v) is 6.30. The summed E-state index contributed by atoms with van der Waals surface area (Å²) >= 11 is 0. The van der Waals surface area contributed by atoms with E-state index in [-0.39, 0.29) is 12.3 Å². The SMILES string of the molecule is Cc1nc(CC(=O)NCC(Cc2ccccc2)N2CCCC2)no1. The molecule has 1 aliphatic heterocycles. The fourth-order valence-electron chi connectivity index (χ4n) is 3.17. The van der Waals surface area contributed by atoms with Crippen molar-refractivity contribution in [3.8, 4) is 0 Å². The summed E-state index contributed by atoms with van der Waals surface area (Å²) in [4.78, 5) is 18.7. The number of nitrogens with one attached hydrogen (secondary N) is 1. The lowest BCUT2D eigenvalue weighted by Gasteiger charge is -2.28. The van der Waals surface area contributed by atoms with Crippen LogP contribution in [-0.2, 0) is 17.6 Å². The Morgan fingerprint density at radius 2 is 2.04 bits per heavy atom. The molecule has 0 radical (unpaired) electrons. The first-order valence-electron chi connectivity index (χ1n) is 8.54. The summed E-state index contributed by atoms with van der Waals surface area (Å²) in [7, 11) is 0. The summed E-state index contributed by atoms with van der Waals surface area (Å²) in [6.45, 7) is 4.58. The van der Waals surface area contributed by atoms with Crippen LogP contribution in [0, 0.1) is 6.92 Å². The molecule has 0 saturated carbocycles. The Bertz CT molecular complexity index is 650. The minimum absolute atomic E-state index is 0.0620. The summed E-state index contributed by atoms with van der Waals surface area (Å²) in [5.41, 5.74) is 1.30. The van der Waals surface area contributed by atoms with Crippen LogP contribution in [0.1, 0.15) is 30.1 Å². The molecule has 0 spiro atoms. The maximum atomic E-state index is 12.1. The molecule has 1 N–H and O–H groups in total. The standard InChI is InChI=1S/C18H24N4O2/c1-14-20-17(21-24-14)12-18(23)19-13-16(22-9-5-6-10-22)11-15-7-3-2-4-8-15/h2-4,7-8,16H,5-6,9-13H2,1H3,(H,19,23). The van der Waals surface area contributed by atoms with Crippen LogP contribution in [0.5, 0.6) is 0 Å². The fraction of sp³-hybridized carbons (Fsp3) is 0.500. The van der Waals surface area contributed by atoms with Crippen LogP contribution in [0.4, 0.5) is 0 Å². The summed E-state index contributed by atoms with van der Waals surface area (Å²) in [5.74, 6) is 0.857. The smallest absolute Gasteiger partial charge is 0.227 e. The molecular weight excluding hydrogens is 304 g/mol. The molecule has 6 heteroatoms. The highest BCUT2D eigenvalue weighted by Crippen LogP contribution is 2.15. The molecule has 0 aliphatic carbocycles. The Balaban J connectivity index is 1.56. The van der Waals surface area contributed by atoms with Crippen LogP contribution < -0.4 is 5.32 Å². The number of likely N-dealkylation sites (tertiary alicyclic amines) is 1. The van der Waals surface area contributed by atoms with Gasteiger partial charge in [-0.15, -0.1) is 0 Å². The average molecular weight is 328 g/mol. The normalized spacial score (nSPS) is 16.2. The largest absolute Gasteiger partial charge is 0.354 e. The van der Waals surface area contributed by atoms with E-state index in [4.69, 9.17) is 4.52 Å². The molecule has 2 heterocycles. The van der Waals surface area contributed by atoms with Crippen molar-refractivity contribution in [1.82, 2.24) is 20.4 Å². The van der Waals surface area contributed by atoms with Crippen molar-refractivity contribution >= 4 is 5.91 Å². The lowest BCUT2D eigenvalue weighted by atomic mass is 10.0. The fourth-order valence-corrected chi connectivity index (χ4v) is 3.17. The average Bonchev–Trinajstić information content (AvgIpc) is 3.24. The van der Waals surface area contributed by atoms with E-state index in [9.17, 15) is 4.79 Å². The van der Waals surface area contributed by atoms with Crippen LogP contribution in [0.25, 0.3) is 0 Å². The molecular formula is C18H24N4O2. The predicted molar refractivity (Wildman–Crippen MR) is 90.5 cm³/mol. The molecule has 3 rings (SSSR count). The van der Waals surface area contributed by atoms with Crippen molar-refractivity contribution in [2.24, 2.45) is 0 Å². The van der Waals surface area contributed by atoms with E-state index in [1.807, 2.05) is 6.07 Å². The number of benzene rings is 1. The van der Waals surface area contributed by atoms with Gasteiger partial charge in [0.25, 0.3) is 0 Å². The first-order valence-corrected chi connectivity index (χ1v) is 8.54. The molecule has 2 aromatic rings. The van der Waals surface area contributed by atoms with E-state index in [0.717, 1.165) is 19.5 Å². The molecule has 6 nitrogen and oxygen atoms in total. The summed E-state index contributed by atoms with van der Waals surface area (Å²) in [6.07, 6.45) is 3.58. The predicted octanol–water partition coefficient (Wildman–Crippen LogP) is 1.74. The molecule has 1 fully saturated rings. The highest BCUT2D eigenvalue weighted by Gasteiger charge is 2.23. The van der Waals surface area contributed by atoms with Gasteiger partial charge in [-0.05, 0) is 37.9 Å². The Morgan fingerprint density at radius 1 is 1.29 bits per heavy atom. The lowest BCUT2D eigenvalue weighted by Crippen LogP contribution is -2.44. The van der Waals surface area contributed by atoms with Crippen LogP contribution in [0.2, 0.25) is 0 Å². The van der Waals surface area contributed by atoms with Gasteiger partial charge in [0.05, 0.1) is 6.42 Å². The van der Waals surface area contributed by atoms with Gasteiger partial charge in [0.2, 0.25) is 11.8 Å². The van der Waals surface area contributed by atoms with E-state index < -0.39 is 0 Å². The van der Waals surface area contributed by atoms with Gasteiger partial charge in [-0.1, -0.05) is 35.5 Å². The zero-order valence-corrected chi connectivity index (χ0v) is 14.1. The minimum Gasteiger partial charge on any atom is -0.354 e. The third-order valence-electron chi connectivity index (χ3n) is 4.39. The molecule has 128 valence electrons. The topological polar surface area (TPSA) is 71.3 Å². The second-order valence-electron chi connectivity index (χ2n) is 6.30. The van der Waals surface area contributed by atoms with Gasteiger partial charge in [-0.2, -0.15) is 4.98 Å². The van der Waals surface area contributed by atoms with Crippen molar-refractivity contribution in [3.63, 3.8) is 0 Å². The highest BCUT2D eigenvalue weighted by atomic mass is 16.5. The zero-order valence-electron chi connectivity index (χ0n) is 14.1.